The fourth-order valence-corrected chi connectivity index (χ4v) is 3.31. The van der Waals surface area contributed by atoms with Gasteiger partial charge >= 0.3 is 11.9 Å². The molecule has 4 rings (SSSR count). The molecule has 0 spiro atoms. The van der Waals surface area contributed by atoms with Crippen LogP contribution in [0.25, 0.3) is 21.8 Å². The van der Waals surface area contributed by atoms with Crippen LogP contribution in [0.2, 0.25) is 0 Å². The zero-order chi connectivity index (χ0) is 20.4. The normalized spacial score (nSPS) is 10.8. The van der Waals surface area contributed by atoms with Gasteiger partial charge in [0.1, 0.15) is 12.3 Å². The molecule has 6 heteroatoms. The van der Waals surface area contributed by atoms with E-state index >= 15 is 0 Å². The van der Waals surface area contributed by atoms with Crippen LogP contribution in [0.4, 0.5) is 0 Å². The minimum atomic E-state index is -0.584. The highest BCUT2D eigenvalue weighted by Crippen LogP contribution is 2.24. The zero-order valence-corrected chi connectivity index (χ0v) is 16.0. The summed E-state index contributed by atoms with van der Waals surface area (Å²) in [4.78, 5) is 33.7. The van der Waals surface area contributed by atoms with E-state index in [1.165, 1.54) is 7.11 Å². The van der Waals surface area contributed by atoms with Gasteiger partial charge in [-0.3, -0.25) is 0 Å². The molecule has 2 aromatic heterocycles. The van der Waals surface area contributed by atoms with E-state index in [1.807, 2.05) is 61.5 Å². The monoisotopic (exact) mass is 386 g/mol. The van der Waals surface area contributed by atoms with E-state index in [-0.39, 0.29) is 12.3 Å². The van der Waals surface area contributed by atoms with Crippen molar-refractivity contribution in [3.8, 4) is 0 Å². The lowest BCUT2D eigenvalue weighted by molar-refractivity contribution is 0.0449. The number of nitrogens with zero attached hydrogens (tertiary/aromatic N) is 2. The van der Waals surface area contributed by atoms with Crippen LogP contribution in [0.15, 0.2) is 60.7 Å². The first-order valence-corrected chi connectivity index (χ1v) is 9.08. The summed E-state index contributed by atoms with van der Waals surface area (Å²) in [5.74, 6) is -1.10. The number of methoxy groups -OCH3 is 1. The number of aryl methyl sites for hydroxylation is 1. The van der Waals surface area contributed by atoms with Crippen LogP contribution in [0, 0.1) is 6.92 Å². The molecule has 0 aliphatic rings. The smallest absolute Gasteiger partial charge is 0.357 e. The van der Waals surface area contributed by atoms with Crippen molar-refractivity contribution >= 4 is 33.7 Å². The first-order valence-electron chi connectivity index (χ1n) is 9.08. The molecular weight excluding hydrogens is 368 g/mol. The van der Waals surface area contributed by atoms with E-state index in [2.05, 4.69) is 9.97 Å². The van der Waals surface area contributed by atoms with Crippen molar-refractivity contribution in [1.82, 2.24) is 9.97 Å². The number of rotatable bonds is 4. The molecule has 0 aliphatic carbocycles. The predicted molar refractivity (Wildman–Crippen MR) is 109 cm³/mol. The fourth-order valence-electron chi connectivity index (χ4n) is 3.31. The van der Waals surface area contributed by atoms with E-state index in [9.17, 15) is 9.59 Å². The molecule has 0 unspecified atom stereocenters. The van der Waals surface area contributed by atoms with Gasteiger partial charge in [-0.15, -0.1) is 0 Å². The molecule has 6 nitrogen and oxygen atoms in total. The standard InChI is InChI=1S/C23H18N2O4/c1-14-16-8-4-6-10-18(16)25-20(21(14)23(27)28-2)13-29-22(26)19-12-11-15-7-3-5-9-17(15)24-19/h3-12H,13H2,1-2H3. The van der Waals surface area contributed by atoms with Gasteiger partial charge in [0.2, 0.25) is 0 Å². The zero-order valence-electron chi connectivity index (χ0n) is 16.0. The van der Waals surface area contributed by atoms with Crippen molar-refractivity contribution in [2.24, 2.45) is 0 Å². The lowest BCUT2D eigenvalue weighted by atomic mass is 10.0. The number of para-hydroxylation sites is 2. The summed E-state index contributed by atoms with van der Waals surface area (Å²) in [6.45, 7) is 1.66. The van der Waals surface area contributed by atoms with Crippen LogP contribution >= 0.6 is 0 Å². The topological polar surface area (TPSA) is 78.4 Å². The van der Waals surface area contributed by atoms with E-state index in [4.69, 9.17) is 9.47 Å². The molecule has 0 fully saturated rings. The molecule has 0 amide bonds. The maximum atomic E-state index is 12.5. The van der Waals surface area contributed by atoms with Gasteiger partial charge < -0.3 is 9.47 Å². The Morgan fingerprint density at radius 2 is 1.59 bits per heavy atom. The lowest BCUT2D eigenvalue weighted by Gasteiger charge is -2.13. The Morgan fingerprint density at radius 1 is 0.862 bits per heavy atom. The quantitative estimate of drug-likeness (QED) is 0.488. The van der Waals surface area contributed by atoms with Crippen molar-refractivity contribution in [3.63, 3.8) is 0 Å². The summed E-state index contributed by atoms with van der Waals surface area (Å²) < 4.78 is 10.3. The first-order chi connectivity index (χ1) is 14.1. The average Bonchev–Trinajstić information content (AvgIpc) is 2.76. The minimum absolute atomic E-state index is 0.163. The molecule has 29 heavy (non-hydrogen) atoms. The number of esters is 2. The number of fused-ring (bicyclic) bond motifs is 2. The third-order valence-electron chi connectivity index (χ3n) is 4.76. The third kappa shape index (κ3) is 3.52. The van der Waals surface area contributed by atoms with Crippen LogP contribution in [-0.2, 0) is 16.1 Å². The summed E-state index contributed by atoms with van der Waals surface area (Å²) in [6.07, 6.45) is 0. The second-order valence-corrected chi connectivity index (χ2v) is 6.53. The number of hydrogen-bond donors (Lipinski definition) is 0. The van der Waals surface area contributed by atoms with Crippen LogP contribution in [0.5, 0.6) is 0 Å². The molecule has 0 saturated carbocycles. The Morgan fingerprint density at radius 3 is 2.38 bits per heavy atom. The molecular formula is C23H18N2O4. The summed E-state index contributed by atoms with van der Waals surface area (Å²) in [5.41, 5.74) is 3.01. The van der Waals surface area contributed by atoms with Crippen molar-refractivity contribution in [2.75, 3.05) is 7.11 Å². The van der Waals surface area contributed by atoms with Crippen LogP contribution in [0.3, 0.4) is 0 Å². The fraction of sp³-hybridized carbons (Fsp3) is 0.130. The largest absolute Gasteiger partial charge is 0.465 e. The van der Waals surface area contributed by atoms with Gasteiger partial charge in [0.25, 0.3) is 0 Å². The molecule has 0 N–H and O–H groups in total. The highest BCUT2D eigenvalue weighted by atomic mass is 16.5. The number of aromatic nitrogens is 2. The molecule has 0 atom stereocenters. The highest BCUT2D eigenvalue weighted by molar-refractivity contribution is 5.98. The van der Waals surface area contributed by atoms with E-state index < -0.39 is 11.9 Å². The number of carbonyl (C=O) groups excluding carboxylic acids is 2. The Hall–Kier alpha value is -3.80. The van der Waals surface area contributed by atoms with Crippen LogP contribution in [0.1, 0.15) is 32.1 Å². The van der Waals surface area contributed by atoms with Gasteiger partial charge in [0, 0.05) is 10.8 Å². The van der Waals surface area contributed by atoms with Gasteiger partial charge in [-0.25, -0.2) is 19.6 Å². The maximum absolute atomic E-state index is 12.5. The minimum Gasteiger partial charge on any atom is -0.465 e. The molecule has 2 heterocycles. The van der Waals surface area contributed by atoms with Crippen molar-refractivity contribution in [1.29, 1.82) is 0 Å². The molecule has 0 radical (unpaired) electrons. The number of ether oxygens (including phenoxy) is 2. The van der Waals surface area contributed by atoms with Crippen LogP contribution in [-0.4, -0.2) is 29.0 Å². The second kappa shape index (κ2) is 7.67. The van der Waals surface area contributed by atoms with E-state index in [0.717, 1.165) is 16.3 Å². The summed E-state index contributed by atoms with van der Waals surface area (Å²) in [7, 11) is 1.31. The number of carbonyl (C=O) groups is 2. The van der Waals surface area contributed by atoms with Gasteiger partial charge in [-0.05, 0) is 30.7 Å². The van der Waals surface area contributed by atoms with Gasteiger partial charge in [-0.1, -0.05) is 42.5 Å². The summed E-state index contributed by atoms with van der Waals surface area (Å²) in [6, 6.07) is 18.4. The first kappa shape index (κ1) is 18.6. The van der Waals surface area contributed by atoms with Gasteiger partial charge in [-0.2, -0.15) is 0 Å². The number of benzene rings is 2. The SMILES string of the molecule is COC(=O)c1c(COC(=O)c2ccc3ccccc3n2)nc2ccccc2c1C. The van der Waals surface area contributed by atoms with Crippen molar-refractivity contribution < 1.29 is 19.1 Å². The van der Waals surface area contributed by atoms with E-state index in [1.54, 1.807) is 6.07 Å². The molecule has 0 bridgehead atoms. The van der Waals surface area contributed by atoms with Crippen molar-refractivity contribution in [3.05, 3.63) is 83.2 Å². The van der Waals surface area contributed by atoms with Crippen molar-refractivity contribution in [2.45, 2.75) is 13.5 Å². The Labute approximate surface area is 167 Å². The molecule has 4 aromatic rings. The average molecular weight is 386 g/mol. The highest BCUT2D eigenvalue weighted by Gasteiger charge is 2.21. The summed E-state index contributed by atoms with van der Waals surface area (Å²) >= 11 is 0. The Bertz CT molecular complexity index is 1250. The second-order valence-electron chi connectivity index (χ2n) is 6.53. The molecule has 0 aliphatic heterocycles. The molecule has 0 saturated heterocycles. The molecule has 144 valence electrons. The predicted octanol–water partition coefficient (Wildman–Crippen LogP) is 4.24. The summed E-state index contributed by atoms with van der Waals surface area (Å²) in [5, 5.41) is 1.78. The van der Waals surface area contributed by atoms with E-state index in [0.29, 0.717) is 22.3 Å². The number of hydrogen-bond acceptors (Lipinski definition) is 6. The van der Waals surface area contributed by atoms with Gasteiger partial charge in [0.05, 0.1) is 29.4 Å². The molecule has 2 aromatic carbocycles. The van der Waals surface area contributed by atoms with Crippen LogP contribution < -0.4 is 0 Å². The Kier molecular flexibility index (Phi) is 4.91. The Balaban J connectivity index is 1.66. The maximum Gasteiger partial charge on any atom is 0.357 e. The third-order valence-corrected chi connectivity index (χ3v) is 4.76. The van der Waals surface area contributed by atoms with Gasteiger partial charge in [0.15, 0.2) is 0 Å². The number of pyridine rings is 2. The lowest BCUT2D eigenvalue weighted by Crippen LogP contribution is -2.14.